The molecule has 0 fully saturated rings. The molecule has 0 bridgehead atoms. The van der Waals surface area contributed by atoms with Crippen LogP contribution in [0.4, 0.5) is 0 Å². The lowest BCUT2D eigenvalue weighted by molar-refractivity contribution is 0.301. The predicted molar refractivity (Wildman–Crippen MR) is 76.2 cm³/mol. The van der Waals surface area contributed by atoms with Crippen LogP contribution < -0.4 is 10.1 Å². The predicted octanol–water partition coefficient (Wildman–Crippen LogP) is 3.53. The van der Waals surface area contributed by atoms with Gasteiger partial charge in [-0.2, -0.15) is 0 Å². The zero-order valence-corrected chi connectivity index (χ0v) is 11.6. The molecule has 1 aromatic heterocycles. The second kappa shape index (κ2) is 7.00. The van der Waals surface area contributed by atoms with Crippen LogP contribution in [0.2, 0.25) is 0 Å². The van der Waals surface area contributed by atoms with Crippen LogP contribution >= 0.6 is 0 Å². The van der Waals surface area contributed by atoms with Crippen LogP contribution in [-0.2, 0) is 19.6 Å². The molecule has 0 radical (unpaired) electrons. The van der Waals surface area contributed by atoms with Crippen molar-refractivity contribution in [1.82, 2.24) is 5.32 Å². The molecule has 0 unspecified atom stereocenters. The smallest absolute Gasteiger partial charge is 0.124 e. The van der Waals surface area contributed by atoms with Crippen molar-refractivity contribution in [2.75, 3.05) is 7.05 Å². The van der Waals surface area contributed by atoms with E-state index in [0.29, 0.717) is 6.61 Å². The molecule has 0 saturated heterocycles. The summed E-state index contributed by atoms with van der Waals surface area (Å²) < 4.78 is 11.2. The molecule has 1 aromatic carbocycles. The van der Waals surface area contributed by atoms with E-state index in [-0.39, 0.29) is 0 Å². The second-order valence-electron chi connectivity index (χ2n) is 4.58. The highest BCUT2D eigenvalue weighted by Gasteiger charge is 2.06. The highest BCUT2D eigenvalue weighted by molar-refractivity contribution is 5.28. The fourth-order valence-corrected chi connectivity index (χ4v) is 2.01. The standard InChI is InChI=1S/C16H21NO2/c1-3-4-13-5-7-15(8-6-13)19-12-14-9-10-18-16(14)11-17-2/h5-10,17H,3-4,11-12H2,1-2H3. The van der Waals surface area contributed by atoms with E-state index in [9.17, 15) is 0 Å². The van der Waals surface area contributed by atoms with Gasteiger partial charge in [-0.1, -0.05) is 25.5 Å². The monoisotopic (exact) mass is 259 g/mol. The van der Waals surface area contributed by atoms with Crippen molar-refractivity contribution in [1.29, 1.82) is 0 Å². The van der Waals surface area contributed by atoms with Crippen molar-refractivity contribution in [2.45, 2.75) is 32.9 Å². The van der Waals surface area contributed by atoms with E-state index >= 15 is 0 Å². The Hall–Kier alpha value is -1.74. The average molecular weight is 259 g/mol. The van der Waals surface area contributed by atoms with Crippen LogP contribution in [0.1, 0.15) is 30.2 Å². The van der Waals surface area contributed by atoms with Gasteiger partial charge in [-0.15, -0.1) is 0 Å². The Balaban J connectivity index is 1.92. The van der Waals surface area contributed by atoms with E-state index in [0.717, 1.165) is 30.0 Å². The molecule has 0 spiro atoms. The number of ether oxygens (including phenoxy) is 1. The summed E-state index contributed by atoms with van der Waals surface area (Å²) in [4.78, 5) is 0. The molecule has 0 saturated carbocycles. The maximum atomic E-state index is 5.78. The van der Waals surface area contributed by atoms with Crippen molar-refractivity contribution in [3.05, 3.63) is 53.5 Å². The quantitative estimate of drug-likeness (QED) is 0.826. The number of hydrogen-bond donors (Lipinski definition) is 1. The maximum absolute atomic E-state index is 5.78. The lowest BCUT2D eigenvalue weighted by Crippen LogP contribution is -2.07. The van der Waals surface area contributed by atoms with Crippen molar-refractivity contribution in [2.24, 2.45) is 0 Å². The third-order valence-electron chi connectivity index (χ3n) is 3.03. The summed E-state index contributed by atoms with van der Waals surface area (Å²) in [6, 6.07) is 10.3. The van der Waals surface area contributed by atoms with Crippen molar-refractivity contribution >= 4 is 0 Å². The Morgan fingerprint density at radius 1 is 1.16 bits per heavy atom. The molecular weight excluding hydrogens is 238 g/mol. The number of furan rings is 1. The van der Waals surface area contributed by atoms with Crippen LogP contribution in [0.15, 0.2) is 41.0 Å². The zero-order valence-electron chi connectivity index (χ0n) is 11.6. The molecule has 3 nitrogen and oxygen atoms in total. The minimum atomic E-state index is 0.542. The third kappa shape index (κ3) is 3.86. The summed E-state index contributed by atoms with van der Waals surface area (Å²) in [5, 5.41) is 3.08. The van der Waals surface area contributed by atoms with Gasteiger partial charge < -0.3 is 14.5 Å². The highest BCUT2D eigenvalue weighted by Crippen LogP contribution is 2.17. The number of rotatable bonds is 7. The van der Waals surface area contributed by atoms with E-state index in [1.807, 2.05) is 25.2 Å². The minimum absolute atomic E-state index is 0.542. The fraction of sp³-hybridized carbons (Fsp3) is 0.375. The lowest BCUT2D eigenvalue weighted by atomic mass is 10.1. The van der Waals surface area contributed by atoms with E-state index in [1.54, 1.807) is 6.26 Å². The van der Waals surface area contributed by atoms with E-state index in [1.165, 1.54) is 12.0 Å². The summed E-state index contributed by atoms with van der Waals surface area (Å²) >= 11 is 0. The summed E-state index contributed by atoms with van der Waals surface area (Å²) in [6.07, 6.45) is 3.99. The normalized spacial score (nSPS) is 10.6. The van der Waals surface area contributed by atoms with E-state index in [2.05, 4.69) is 24.4 Å². The van der Waals surface area contributed by atoms with Gasteiger partial charge in [0.05, 0.1) is 12.8 Å². The first kappa shape index (κ1) is 13.7. The van der Waals surface area contributed by atoms with Crippen molar-refractivity contribution in [3.63, 3.8) is 0 Å². The Labute approximate surface area is 114 Å². The number of benzene rings is 1. The molecule has 0 aliphatic carbocycles. The molecule has 3 heteroatoms. The van der Waals surface area contributed by atoms with Gasteiger partial charge in [-0.25, -0.2) is 0 Å². The summed E-state index contributed by atoms with van der Waals surface area (Å²) in [5.41, 5.74) is 2.45. The maximum Gasteiger partial charge on any atom is 0.124 e. The fourth-order valence-electron chi connectivity index (χ4n) is 2.01. The van der Waals surface area contributed by atoms with E-state index in [4.69, 9.17) is 9.15 Å². The Morgan fingerprint density at radius 3 is 2.63 bits per heavy atom. The SMILES string of the molecule is CCCc1ccc(OCc2ccoc2CNC)cc1. The van der Waals surface area contributed by atoms with Gasteiger partial charge in [0, 0.05) is 5.56 Å². The topological polar surface area (TPSA) is 34.4 Å². The summed E-state index contributed by atoms with van der Waals surface area (Å²) in [6.45, 7) is 3.45. The first-order valence-electron chi connectivity index (χ1n) is 6.75. The first-order chi connectivity index (χ1) is 9.33. The molecule has 0 atom stereocenters. The van der Waals surface area contributed by atoms with Gasteiger partial charge in [0.15, 0.2) is 0 Å². The third-order valence-corrected chi connectivity index (χ3v) is 3.03. The molecular formula is C16H21NO2. The molecule has 1 N–H and O–H groups in total. The average Bonchev–Trinajstić information content (AvgIpc) is 2.86. The molecule has 2 rings (SSSR count). The number of nitrogens with one attached hydrogen (secondary N) is 1. The molecule has 0 amide bonds. The van der Waals surface area contributed by atoms with E-state index < -0.39 is 0 Å². The van der Waals surface area contributed by atoms with Crippen LogP contribution in [-0.4, -0.2) is 7.05 Å². The molecule has 2 aromatic rings. The Bertz CT molecular complexity index is 488. The molecule has 102 valence electrons. The van der Waals surface area contributed by atoms with Crippen molar-refractivity contribution < 1.29 is 9.15 Å². The summed E-state index contributed by atoms with van der Waals surface area (Å²) in [5.74, 6) is 1.83. The first-order valence-corrected chi connectivity index (χ1v) is 6.75. The molecule has 0 aliphatic rings. The number of aryl methyl sites for hydroxylation is 1. The van der Waals surface area contributed by atoms with Crippen LogP contribution in [0, 0.1) is 0 Å². The Kier molecular flexibility index (Phi) is 5.04. The molecule has 0 aliphatic heterocycles. The van der Waals surface area contributed by atoms with Gasteiger partial charge in [0.2, 0.25) is 0 Å². The van der Waals surface area contributed by atoms with Crippen LogP contribution in [0.3, 0.4) is 0 Å². The van der Waals surface area contributed by atoms with Gasteiger partial charge in [0.1, 0.15) is 18.1 Å². The lowest BCUT2D eigenvalue weighted by Gasteiger charge is -2.07. The largest absolute Gasteiger partial charge is 0.489 e. The minimum Gasteiger partial charge on any atom is -0.489 e. The van der Waals surface area contributed by atoms with Gasteiger partial charge in [-0.05, 0) is 37.2 Å². The van der Waals surface area contributed by atoms with Crippen LogP contribution in [0.5, 0.6) is 5.75 Å². The Morgan fingerprint density at radius 2 is 1.95 bits per heavy atom. The van der Waals surface area contributed by atoms with Crippen molar-refractivity contribution in [3.8, 4) is 5.75 Å². The zero-order chi connectivity index (χ0) is 13.5. The molecule has 19 heavy (non-hydrogen) atoms. The van der Waals surface area contributed by atoms with Crippen LogP contribution in [0.25, 0.3) is 0 Å². The molecule has 1 heterocycles. The number of hydrogen-bond acceptors (Lipinski definition) is 3. The highest BCUT2D eigenvalue weighted by atomic mass is 16.5. The second-order valence-corrected chi connectivity index (χ2v) is 4.58. The summed E-state index contributed by atoms with van der Waals surface area (Å²) in [7, 11) is 1.90. The van der Waals surface area contributed by atoms with Gasteiger partial charge in [-0.3, -0.25) is 0 Å². The van der Waals surface area contributed by atoms with Gasteiger partial charge >= 0.3 is 0 Å². The van der Waals surface area contributed by atoms with Gasteiger partial charge in [0.25, 0.3) is 0 Å².